The van der Waals surface area contributed by atoms with Crippen LogP contribution in [0.15, 0.2) is 10.7 Å². The molecule has 0 bridgehead atoms. The Kier molecular flexibility index (Phi) is 2.89. The van der Waals surface area contributed by atoms with Crippen molar-refractivity contribution in [2.45, 2.75) is 25.9 Å². The van der Waals surface area contributed by atoms with Crippen LogP contribution in [0.4, 0.5) is 0 Å². The number of hydrogen-bond acceptors (Lipinski definition) is 3. The molecule has 0 aliphatic carbocycles. The third-order valence-corrected chi connectivity index (χ3v) is 1.54. The van der Waals surface area contributed by atoms with E-state index in [1.54, 1.807) is 6.92 Å². The highest BCUT2D eigenvalue weighted by molar-refractivity contribution is 5.00. The van der Waals surface area contributed by atoms with Crippen LogP contribution in [0.2, 0.25) is 0 Å². The second-order valence-corrected chi connectivity index (χ2v) is 2.55. The van der Waals surface area contributed by atoms with Gasteiger partial charge < -0.3 is 9.52 Å². The number of oxazole rings is 1. The molecular weight excluding hydrogens is 154 g/mol. The van der Waals surface area contributed by atoms with Gasteiger partial charge in [-0.3, -0.25) is 0 Å². The van der Waals surface area contributed by atoms with Crippen LogP contribution >= 0.6 is 0 Å². The molecule has 1 N–H and O–H groups in total. The first-order valence-corrected chi connectivity index (χ1v) is 3.77. The van der Waals surface area contributed by atoms with Gasteiger partial charge in [-0.25, -0.2) is 4.98 Å². The zero-order valence-electron chi connectivity index (χ0n) is 6.95. The van der Waals surface area contributed by atoms with E-state index < -0.39 is 6.10 Å². The normalized spacial score (nSPS) is 12.4. The molecule has 1 aromatic rings. The highest BCUT2D eigenvalue weighted by Gasteiger charge is 2.10. The van der Waals surface area contributed by atoms with E-state index in [9.17, 15) is 5.11 Å². The molecule has 0 radical (unpaired) electrons. The summed E-state index contributed by atoms with van der Waals surface area (Å²) in [5.74, 6) is 3.02. The quantitative estimate of drug-likeness (QED) is 0.689. The summed E-state index contributed by atoms with van der Waals surface area (Å²) in [6, 6.07) is 0. The van der Waals surface area contributed by atoms with E-state index >= 15 is 0 Å². The molecule has 12 heavy (non-hydrogen) atoms. The molecule has 0 saturated heterocycles. The van der Waals surface area contributed by atoms with Gasteiger partial charge in [0.05, 0.1) is 0 Å². The fraction of sp³-hybridized carbons (Fsp3) is 0.444. The molecule has 0 aliphatic rings. The first kappa shape index (κ1) is 8.82. The summed E-state index contributed by atoms with van der Waals surface area (Å²) in [5, 5.41) is 9.45. The summed E-state index contributed by atoms with van der Waals surface area (Å²) in [7, 11) is 0. The molecular formula is C9H11NO2. The van der Waals surface area contributed by atoms with Crippen molar-refractivity contribution in [1.82, 2.24) is 4.98 Å². The minimum Gasteiger partial charge on any atom is -0.449 e. The van der Waals surface area contributed by atoms with Crippen molar-refractivity contribution in [1.29, 1.82) is 0 Å². The van der Waals surface area contributed by atoms with Gasteiger partial charge in [0, 0.05) is 13.3 Å². The Hall–Kier alpha value is -1.27. The summed E-state index contributed by atoms with van der Waals surface area (Å²) in [6.45, 7) is 1.73. The van der Waals surface area contributed by atoms with Crippen LogP contribution < -0.4 is 0 Å². The second kappa shape index (κ2) is 3.93. The number of nitrogens with zero attached hydrogens (tertiary/aromatic N) is 1. The molecule has 0 spiro atoms. The van der Waals surface area contributed by atoms with Gasteiger partial charge >= 0.3 is 0 Å². The Morgan fingerprint density at radius 1 is 1.83 bits per heavy atom. The van der Waals surface area contributed by atoms with Crippen molar-refractivity contribution in [2.75, 3.05) is 0 Å². The van der Waals surface area contributed by atoms with Crippen molar-refractivity contribution in [3.8, 4) is 12.3 Å². The number of terminal acetylenes is 1. The van der Waals surface area contributed by atoms with Gasteiger partial charge in [0.15, 0.2) is 5.89 Å². The molecule has 0 fully saturated rings. The van der Waals surface area contributed by atoms with E-state index in [4.69, 9.17) is 10.8 Å². The summed E-state index contributed by atoms with van der Waals surface area (Å²) < 4.78 is 4.94. The average Bonchev–Trinajstić information content (AvgIpc) is 2.47. The zero-order chi connectivity index (χ0) is 8.97. The van der Waals surface area contributed by atoms with Gasteiger partial charge in [0.25, 0.3) is 0 Å². The zero-order valence-corrected chi connectivity index (χ0v) is 6.95. The summed E-state index contributed by atoms with van der Waals surface area (Å²) in [6.07, 6.45) is 6.99. The maximum Gasteiger partial charge on any atom is 0.191 e. The molecule has 3 heteroatoms. The lowest BCUT2D eigenvalue weighted by Gasteiger charge is -2.02. The van der Waals surface area contributed by atoms with E-state index in [2.05, 4.69) is 10.9 Å². The monoisotopic (exact) mass is 165 g/mol. The van der Waals surface area contributed by atoms with Gasteiger partial charge in [-0.05, 0) is 6.42 Å². The smallest absolute Gasteiger partial charge is 0.191 e. The summed E-state index contributed by atoms with van der Waals surface area (Å²) in [4.78, 5) is 3.98. The number of aliphatic hydroxyl groups is 1. The fourth-order valence-corrected chi connectivity index (χ4v) is 0.901. The first-order chi connectivity index (χ1) is 5.74. The van der Waals surface area contributed by atoms with E-state index in [0.29, 0.717) is 24.4 Å². The van der Waals surface area contributed by atoms with Crippen LogP contribution in [-0.4, -0.2) is 10.1 Å². The standard InChI is InChI=1S/C9H11NO2/c1-3-4-5-9(11)8-6-12-7(2)10-8/h1,6,9,11H,4-5H2,2H3. The lowest BCUT2D eigenvalue weighted by atomic mass is 10.1. The number of aryl methyl sites for hydroxylation is 1. The van der Waals surface area contributed by atoms with Gasteiger partial charge in [0.2, 0.25) is 0 Å². The SMILES string of the molecule is C#CCCC(O)c1coc(C)n1. The molecule has 0 aliphatic heterocycles. The number of hydrogen-bond donors (Lipinski definition) is 1. The first-order valence-electron chi connectivity index (χ1n) is 3.77. The lowest BCUT2D eigenvalue weighted by Crippen LogP contribution is -1.96. The van der Waals surface area contributed by atoms with Crippen molar-refractivity contribution >= 4 is 0 Å². The maximum atomic E-state index is 9.45. The summed E-state index contributed by atoms with van der Waals surface area (Å²) in [5.41, 5.74) is 0.558. The number of aliphatic hydroxyl groups excluding tert-OH is 1. The molecule has 1 atom stereocenters. The van der Waals surface area contributed by atoms with Gasteiger partial charge in [-0.15, -0.1) is 12.3 Å². The largest absolute Gasteiger partial charge is 0.449 e. The van der Waals surface area contributed by atoms with E-state index in [1.807, 2.05) is 0 Å². The Bertz CT molecular complexity index is 285. The maximum absolute atomic E-state index is 9.45. The summed E-state index contributed by atoms with van der Waals surface area (Å²) >= 11 is 0. The highest BCUT2D eigenvalue weighted by Crippen LogP contribution is 2.16. The molecule has 64 valence electrons. The molecule has 0 amide bonds. The molecule has 1 rings (SSSR count). The van der Waals surface area contributed by atoms with Crippen LogP contribution in [-0.2, 0) is 0 Å². The molecule has 0 aromatic carbocycles. The molecule has 1 aromatic heterocycles. The van der Waals surface area contributed by atoms with E-state index in [-0.39, 0.29) is 0 Å². The number of aromatic nitrogens is 1. The van der Waals surface area contributed by atoms with Gasteiger partial charge in [-0.1, -0.05) is 0 Å². The van der Waals surface area contributed by atoms with E-state index in [1.165, 1.54) is 6.26 Å². The van der Waals surface area contributed by atoms with Crippen LogP contribution in [0.5, 0.6) is 0 Å². The minimum absolute atomic E-state index is 0.530. The van der Waals surface area contributed by atoms with Crippen LogP contribution in [0.1, 0.15) is 30.5 Å². The number of rotatable bonds is 3. The van der Waals surface area contributed by atoms with Crippen molar-refractivity contribution < 1.29 is 9.52 Å². The second-order valence-electron chi connectivity index (χ2n) is 2.55. The van der Waals surface area contributed by atoms with E-state index in [0.717, 1.165) is 0 Å². The van der Waals surface area contributed by atoms with Crippen LogP contribution in [0.3, 0.4) is 0 Å². The molecule has 1 heterocycles. The lowest BCUT2D eigenvalue weighted by molar-refractivity contribution is 0.164. The van der Waals surface area contributed by atoms with Crippen LogP contribution in [0.25, 0.3) is 0 Å². The minimum atomic E-state index is -0.599. The van der Waals surface area contributed by atoms with Crippen LogP contribution in [0, 0.1) is 19.3 Å². The van der Waals surface area contributed by atoms with Gasteiger partial charge in [0.1, 0.15) is 18.1 Å². The average molecular weight is 165 g/mol. The van der Waals surface area contributed by atoms with Gasteiger partial charge in [-0.2, -0.15) is 0 Å². The fourth-order valence-electron chi connectivity index (χ4n) is 0.901. The Morgan fingerprint density at radius 3 is 3.08 bits per heavy atom. The Labute approximate surface area is 71.4 Å². The topological polar surface area (TPSA) is 46.3 Å². The third-order valence-electron chi connectivity index (χ3n) is 1.54. The van der Waals surface area contributed by atoms with Crippen molar-refractivity contribution in [3.63, 3.8) is 0 Å². The van der Waals surface area contributed by atoms with Crippen molar-refractivity contribution in [2.24, 2.45) is 0 Å². The molecule has 0 saturated carbocycles. The highest BCUT2D eigenvalue weighted by atomic mass is 16.3. The molecule has 3 nitrogen and oxygen atoms in total. The van der Waals surface area contributed by atoms with Crippen molar-refractivity contribution in [3.05, 3.63) is 17.8 Å². The Balaban J connectivity index is 2.54. The third kappa shape index (κ3) is 2.11. The predicted octanol–water partition coefficient (Wildman–Crippen LogP) is 1.43. The molecule has 1 unspecified atom stereocenters. The Morgan fingerprint density at radius 2 is 2.58 bits per heavy atom. The predicted molar refractivity (Wildman–Crippen MR) is 44.3 cm³/mol.